The lowest BCUT2D eigenvalue weighted by Crippen LogP contribution is -2.58. The van der Waals surface area contributed by atoms with Gasteiger partial charge in [0.25, 0.3) is 0 Å². The van der Waals surface area contributed by atoms with Crippen molar-refractivity contribution < 1.29 is 8.42 Å². The summed E-state index contributed by atoms with van der Waals surface area (Å²) in [5.74, 6) is 1.15. The molecule has 9 heteroatoms. The average Bonchev–Trinajstić information content (AvgIpc) is 3.27. The molecule has 180 valence electrons. The van der Waals surface area contributed by atoms with E-state index in [1.165, 1.54) is 44.6 Å². The zero-order valence-electron chi connectivity index (χ0n) is 19.5. The predicted octanol–water partition coefficient (Wildman–Crippen LogP) is 2.09. The quantitative estimate of drug-likeness (QED) is 0.577. The van der Waals surface area contributed by atoms with Crippen LogP contribution in [-0.4, -0.2) is 85.6 Å². The summed E-state index contributed by atoms with van der Waals surface area (Å²) in [6, 6.07) is 10.9. The molecule has 3 saturated heterocycles. The topological polar surface area (TPSA) is 94.2 Å². The molecule has 3 aliphatic rings. The number of H-pyrrole nitrogens is 1. The number of sulfone groups is 1. The maximum Gasteiger partial charge on any atom is 0.153 e. The molecule has 2 aromatic heterocycles. The van der Waals surface area contributed by atoms with Crippen LogP contribution in [0.15, 0.2) is 36.7 Å². The Labute approximate surface area is 200 Å². The summed E-state index contributed by atoms with van der Waals surface area (Å²) in [6.45, 7) is 6.94. The molecule has 2 N–H and O–H groups in total. The average molecular weight is 481 g/mol. The van der Waals surface area contributed by atoms with E-state index in [0.717, 1.165) is 41.1 Å². The zero-order chi connectivity index (χ0) is 23.2. The lowest BCUT2D eigenvalue weighted by molar-refractivity contribution is 0.0560. The minimum atomic E-state index is -2.93. The Bertz CT molecular complexity index is 1260. The number of aromatic nitrogens is 3. The summed E-state index contributed by atoms with van der Waals surface area (Å²) in [5, 5.41) is 4.38. The van der Waals surface area contributed by atoms with Crippen molar-refractivity contribution in [2.45, 2.75) is 19.3 Å². The molecule has 3 aromatic rings. The molecule has 1 spiro atoms. The minimum Gasteiger partial charge on any atom is -0.354 e. The molecular weight excluding hydrogens is 448 g/mol. The maximum atomic E-state index is 11.8. The minimum absolute atomic E-state index is 0.173. The molecule has 3 aliphatic heterocycles. The summed E-state index contributed by atoms with van der Waals surface area (Å²) < 4.78 is 23.6. The van der Waals surface area contributed by atoms with Crippen LogP contribution in [0.1, 0.15) is 18.4 Å². The second kappa shape index (κ2) is 8.62. The van der Waals surface area contributed by atoms with Gasteiger partial charge in [0, 0.05) is 38.4 Å². The second-order valence-electron chi connectivity index (χ2n) is 10.2. The van der Waals surface area contributed by atoms with Crippen LogP contribution in [0.2, 0.25) is 0 Å². The molecule has 5 heterocycles. The fourth-order valence-corrected chi connectivity index (χ4v) is 6.68. The molecule has 0 amide bonds. The number of hydrogen-bond acceptors (Lipinski definition) is 7. The first kappa shape index (κ1) is 22.0. The zero-order valence-corrected chi connectivity index (χ0v) is 20.3. The second-order valence-corrected chi connectivity index (χ2v) is 12.5. The fourth-order valence-electron chi connectivity index (χ4n) is 5.48. The Balaban J connectivity index is 1.12. The van der Waals surface area contributed by atoms with Crippen LogP contribution in [0.5, 0.6) is 0 Å². The highest BCUT2D eigenvalue weighted by atomic mass is 32.2. The van der Waals surface area contributed by atoms with Gasteiger partial charge < -0.3 is 20.1 Å². The molecule has 0 aliphatic carbocycles. The molecular formula is C25H32N6O2S. The number of nitrogens with zero attached hydrogens (tertiary/aromatic N) is 4. The SMILES string of the molecule is O=S1(=O)CCN(c2ncnc3[nH]c(-c4ccc(CCN5CCC6(CC5)CNC6)cc4)cc23)CC1. The summed E-state index contributed by atoms with van der Waals surface area (Å²) >= 11 is 0. The van der Waals surface area contributed by atoms with Gasteiger partial charge in [0.1, 0.15) is 17.8 Å². The highest BCUT2D eigenvalue weighted by Gasteiger charge is 2.39. The van der Waals surface area contributed by atoms with Gasteiger partial charge >= 0.3 is 0 Å². The van der Waals surface area contributed by atoms with E-state index in [1.807, 2.05) is 0 Å². The van der Waals surface area contributed by atoms with Crippen LogP contribution < -0.4 is 10.2 Å². The smallest absolute Gasteiger partial charge is 0.153 e. The normalized spacial score (nSPS) is 22.2. The number of aromatic amines is 1. The lowest BCUT2D eigenvalue weighted by Gasteiger charge is -2.48. The van der Waals surface area contributed by atoms with Gasteiger partial charge in [0.05, 0.1) is 16.9 Å². The van der Waals surface area contributed by atoms with Gasteiger partial charge in [-0.3, -0.25) is 0 Å². The van der Waals surface area contributed by atoms with Gasteiger partial charge in [0.2, 0.25) is 0 Å². The van der Waals surface area contributed by atoms with Gasteiger partial charge in [-0.2, -0.15) is 0 Å². The van der Waals surface area contributed by atoms with Crippen LogP contribution >= 0.6 is 0 Å². The number of anilines is 1. The third-order valence-electron chi connectivity index (χ3n) is 7.95. The first-order chi connectivity index (χ1) is 16.5. The maximum absolute atomic E-state index is 11.8. The molecule has 8 nitrogen and oxygen atoms in total. The lowest BCUT2D eigenvalue weighted by atomic mass is 9.73. The fraction of sp³-hybridized carbons (Fsp3) is 0.520. The number of likely N-dealkylation sites (tertiary alicyclic amines) is 1. The summed E-state index contributed by atoms with van der Waals surface area (Å²) in [4.78, 5) is 17.0. The van der Waals surface area contributed by atoms with Gasteiger partial charge in [-0.1, -0.05) is 24.3 Å². The van der Waals surface area contributed by atoms with Gasteiger partial charge in [-0.05, 0) is 55.0 Å². The first-order valence-corrected chi connectivity index (χ1v) is 14.1. The van der Waals surface area contributed by atoms with Crippen molar-refractivity contribution in [2.75, 3.05) is 62.2 Å². The molecule has 0 saturated carbocycles. The molecule has 3 fully saturated rings. The van der Waals surface area contributed by atoms with Crippen molar-refractivity contribution in [3.63, 3.8) is 0 Å². The molecule has 0 atom stereocenters. The Hall–Kier alpha value is -2.49. The first-order valence-electron chi connectivity index (χ1n) is 12.3. The number of hydrogen-bond donors (Lipinski definition) is 2. The molecule has 0 bridgehead atoms. The van der Waals surface area contributed by atoms with Gasteiger partial charge in [-0.25, -0.2) is 18.4 Å². The van der Waals surface area contributed by atoms with E-state index in [9.17, 15) is 8.42 Å². The number of rotatable bonds is 5. The van der Waals surface area contributed by atoms with E-state index in [-0.39, 0.29) is 11.5 Å². The predicted molar refractivity (Wildman–Crippen MR) is 135 cm³/mol. The van der Waals surface area contributed by atoms with E-state index in [0.29, 0.717) is 18.5 Å². The monoisotopic (exact) mass is 480 g/mol. The van der Waals surface area contributed by atoms with Crippen LogP contribution in [0.25, 0.3) is 22.3 Å². The van der Waals surface area contributed by atoms with Crippen molar-refractivity contribution in [2.24, 2.45) is 5.41 Å². The largest absolute Gasteiger partial charge is 0.354 e. The van der Waals surface area contributed by atoms with Crippen molar-refractivity contribution in [1.29, 1.82) is 0 Å². The van der Waals surface area contributed by atoms with E-state index >= 15 is 0 Å². The van der Waals surface area contributed by atoms with E-state index < -0.39 is 9.84 Å². The molecule has 0 unspecified atom stereocenters. The summed E-state index contributed by atoms with van der Waals surface area (Å²) in [7, 11) is -2.93. The summed E-state index contributed by atoms with van der Waals surface area (Å²) in [5.41, 5.74) is 4.87. The highest BCUT2D eigenvalue weighted by Crippen LogP contribution is 2.35. The van der Waals surface area contributed by atoms with Gasteiger partial charge in [-0.15, -0.1) is 0 Å². The number of piperidine rings is 1. The molecule has 6 rings (SSSR count). The third kappa shape index (κ3) is 4.32. The van der Waals surface area contributed by atoms with E-state index in [1.54, 1.807) is 6.33 Å². The van der Waals surface area contributed by atoms with Crippen molar-refractivity contribution >= 4 is 26.7 Å². The Morgan fingerprint density at radius 1 is 0.971 bits per heavy atom. The van der Waals surface area contributed by atoms with E-state index in [4.69, 9.17) is 0 Å². The van der Waals surface area contributed by atoms with Crippen molar-refractivity contribution in [3.8, 4) is 11.3 Å². The third-order valence-corrected chi connectivity index (χ3v) is 9.56. The number of nitrogens with one attached hydrogen (secondary N) is 2. The van der Waals surface area contributed by atoms with Crippen LogP contribution in [0, 0.1) is 5.41 Å². The standard InChI is InChI=1S/C25H32N6O2S/c32-34(33)13-11-31(12-14-34)24-21-15-22(29-23(21)27-18-28-24)20-3-1-19(2-4-20)5-8-30-9-6-25(7-10-30)16-26-17-25/h1-4,15,18,26H,5-14,16-17H2,(H,27,28,29). The van der Waals surface area contributed by atoms with Crippen LogP contribution in [-0.2, 0) is 16.3 Å². The van der Waals surface area contributed by atoms with Crippen LogP contribution in [0.4, 0.5) is 5.82 Å². The Morgan fingerprint density at radius 2 is 1.71 bits per heavy atom. The Kier molecular flexibility index (Phi) is 5.58. The van der Waals surface area contributed by atoms with Crippen molar-refractivity contribution in [3.05, 3.63) is 42.2 Å². The Morgan fingerprint density at radius 3 is 2.38 bits per heavy atom. The molecule has 0 radical (unpaired) electrons. The molecule has 34 heavy (non-hydrogen) atoms. The van der Waals surface area contributed by atoms with E-state index in [2.05, 4.69) is 60.4 Å². The van der Waals surface area contributed by atoms with Crippen LogP contribution in [0.3, 0.4) is 0 Å². The highest BCUT2D eigenvalue weighted by molar-refractivity contribution is 7.91. The van der Waals surface area contributed by atoms with Gasteiger partial charge in [0.15, 0.2) is 9.84 Å². The van der Waals surface area contributed by atoms with Crippen molar-refractivity contribution in [1.82, 2.24) is 25.2 Å². The number of benzene rings is 1. The summed E-state index contributed by atoms with van der Waals surface area (Å²) in [6.07, 6.45) is 5.29. The molecule has 1 aromatic carbocycles. The number of fused-ring (bicyclic) bond motifs is 1.